The molecule has 0 aromatic carbocycles. The van der Waals surface area contributed by atoms with Crippen molar-refractivity contribution in [2.75, 3.05) is 26.7 Å². The van der Waals surface area contributed by atoms with Gasteiger partial charge in [0.1, 0.15) is 0 Å². The maximum atomic E-state index is 12.3. The first-order valence-electron chi connectivity index (χ1n) is 6.64. The highest BCUT2D eigenvalue weighted by Crippen LogP contribution is 2.24. The van der Waals surface area contributed by atoms with Gasteiger partial charge in [0.15, 0.2) is 0 Å². The Hall–Kier alpha value is -1.10. The molecular formula is C13H22N2O3. The van der Waals surface area contributed by atoms with Crippen LogP contribution in [0, 0.1) is 5.92 Å². The summed E-state index contributed by atoms with van der Waals surface area (Å²) in [4.78, 5) is 27.2. The van der Waals surface area contributed by atoms with Crippen molar-refractivity contribution in [1.29, 1.82) is 0 Å². The summed E-state index contributed by atoms with van der Waals surface area (Å²) < 4.78 is 0. The van der Waals surface area contributed by atoms with Crippen molar-refractivity contribution in [2.45, 2.75) is 38.2 Å². The molecule has 2 aliphatic rings. The topological polar surface area (TPSA) is 60.9 Å². The fraction of sp³-hybridized carbons (Fsp3) is 0.846. The van der Waals surface area contributed by atoms with Crippen molar-refractivity contribution in [3.63, 3.8) is 0 Å². The van der Waals surface area contributed by atoms with E-state index in [2.05, 4.69) is 0 Å². The number of hydrogen-bond donors (Lipinski definition) is 1. The van der Waals surface area contributed by atoms with Crippen LogP contribution in [0.15, 0.2) is 0 Å². The zero-order valence-corrected chi connectivity index (χ0v) is 11.2. The van der Waals surface area contributed by atoms with Crippen molar-refractivity contribution in [1.82, 2.24) is 9.80 Å². The molecular weight excluding hydrogens is 232 g/mol. The molecule has 2 atom stereocenters. The van der Waals surface area contributed by atoms with Crippen molar-refractivity contribution < 1.29 is 14.7 Å². The van der Waals surface area contributed by atoms with E-state index in [0.717, 1.165) is 12.8 Å². The fourth-order valence-electron chi connectivity index (χ4n) is 2.77. The second-order valence-electron chi connectivity index (χ2n) is 5.85. The second-order valence-corrected chi connectivity index (χ2v) is 5.85. The Kier molecular flexibility index (Phi) is 3.61. The van der Waals surface area contributed by atoms with Crippen LogP contribution in [0.4, 0.5) is 0 Å². The Morgan fingerprint density at radius 2 is 2.11 bits per heavy atom. The largest absolute Gasteiger partial charge is 0.390 e. The molecule has 0 aliphatic carbocycles. The third-order valence-corrected chi connectivity index (χ3v) is 4.07. The summed E-state index contributed by atoms with van der Waals surface area (Å²) in [6.07, 6.45) is 2.52. The lowest BCUT2D eigenvalue weighted by Gasteiger charge is -2.24. The molecule has 2 fully saturated rings. The van der Waals surface area contributed by atoms with Crippen molar-refractivity contribution >= 4 is 11.8 Å². The third kappa shape index (κ3) is 2.83. The first-order valence-corrected chi connectivity index (χ1v) is 6.64. The number of carbonyl (C=O) groups excluding carboxylic acids is 2. The van der Waals surface area contributed by atoms with E-state index in [0.29, 0.717) is 32.5 Å². The Bertz CT molecular complexity index is 354. The van der Waals surface area contributed by atoms with Gasteiger partial charge in [-0.15, -0.1) is 0 Å². The zero-order chi connectivity index (χ0) is 13.3. The SMILES string of the molecule is CN1CC(C(=O)N2CCCC(C)(O)CC2)CC1=O. The summed E-state index contributed by atoms with van der Waals surface area (Å²) in [5, 5.41) is 10.0. The highest BCUT2D eigenvalue weighted by molar-refractivity contribution is 5.89. The van der Waals surface area contributed by atoms with Gasteiger partial charge in [-0.1, -0.05) is 0 Å². The lowest BCUT2D eigenvalue weighted by atomic mass is 9.98. The number of hydrogen-bond acceptors (Lipinski definition) is 3. The molecule has 1 N–H and O–H groups in total. The van der Waals surface area contributed by atoms with E-state index >= 15 is 0 Å². The van der Waals surface area contributed by atoms with Crippen LogP contribution in [0.5, 0.6) is 0 Å². The lowest BCUT2D eigenvalue weighted by molar-refractivity contribution is -0.136. The minimum Gasteiger partial charge on any atom is -0.390 e. The molecule has 0 spiro atoms. The minimum atomic E-state index is -0.655. The molecule has 2 amide bonds. The van der Waals surface area contributed by atoms with Gasteiger partial charge in [-0.05, 0) is 26.2 Å². The predicted molar refractivity (Wildman–Crippen MR) is 66.8 cm³/mol. The van der Waals surface area contributed by atoms with Gasteiger partial charge in [0, 0.05) is 33.1 Å². The van der Waals surface area contributed by atoms with Gasteiger partial charge < -0.3 is 14.9 Å². The van der Waals surface area contributed by atoms with Crippen LogP contribution in [0.3, 0.4) is 0 Å². The van der Waals surface area contributed by atoms with Gasteiger partial charge in [-0.3, -0.25) is 9.59 Å². The van der Waals surface area contributed by atoms with E-state index < -0.39 is 5.60 Å². The molecule has 2 aliphatic heterocycles. The number of nitrogens with zero attached hydrogens (tertiary/aromatic N) is 2. The molecule has 0 radical (unpaired) electrons. The monoisotopic (exact) mass is 254 g/mol. The van der Waals surface area contributed by atoms with E-state index in [1.165, 1.54) is 0 Å². The van der Waals surface area contributed by atoms with Crippen LogP contribution in [0.1, 0.15) is 32.6 Å². The minimum absolute atomic E-state index is 0.0511. The number of rotatable bonds is 1. The molecule has 0 bridgehead atoms. The molecule has 0 saturated carbocycles. The quantitative estimate of drug-likeness (QED) is 0.728. The molecule has 2 unspecified atom stereocenters. The Morgan fingerprint density at radius 1 is 1.39 bits per heavy atom. The predicted octanol–water partition coefficient (Wildman–Crippen LogP) is 0.228. The molecule has 5 nitrogen and oxygen atoms in total. The Morgan fingerprint density at radius 3 is 2.72 bits per heavy atom. The summed E-state index contributed by atoms with van der Waals surface area (Å²) in [6.45, 7) is 3.65. The number of aliphatic hydroxyl groups is 1. The zero-order valence-electron chi connectivity index (χ0n) is 11.2. The van der Waals surface area contributed by atoms with Crippen LogP contribution >= 0.6 is 0 Å². The van der Waals surface area contributed by atoms with Crippen molar-refractivity contribution in [3.05, 3.63) is 0 Å². The highest BCUT2D eigenvalue weighted by atomic mass is 16.3. The van der Waals surface area contributed by atoms with Crippen molar-refractivity contribution in [3.8, 4) is 0 Å². The van der Waals surface area contributed by atoms with Gasteiger partial charge >= 0.3 is 0 Å². The lowest BCUT2D eigenvalue weighted by Crippen LogP contribution is -2.38. The Balaban J connectivity index is 1.95. The van der Waals surface area contributed by atoms with Gasteiger partial charge in [0.25, 0.3) is 0 Å². The average molecular weight is 254 g/mol. The molecule has 18 heavy (non-hydrogen) atoms. The number of likely N-dealkylation sites (tertiary alicyclic amines) is 2. The summed E-state index contributed by atoms with van der Waals surface area (Å²) in [5.41, 5.74) is -0.655. The first kappa shape index (κ1) is 13.3. The summed E-state index contributed by atoms with van der Waals surface area (Å²) in [6, 6.07) is 0. The standard InChI is InChI=1S/C13H22N2O3/c1-13(18)4-3-6-15(7-5-13)12(17)10-8-11(16)14(2)9-10/h10,18H,3-9H2,1-2H3. The molecule has 2 saturated heterocycles. The molecule has 2 rings (SSSR count). The maximum absolute atomic E-state index is 12.3. The van der Waals surface area contributed by atoms with Crippen LogP contribution in [-0.2, 0) is 9.59 Å². The average Bonchev–Trinajstić information content (AvgIpc) is 2.52. The Labute approximate surface area is 108 Å². The van der Waals surface area contributed by atoms with Gasteiger partial charge in [0.2, 0.25) is 11.8 Å². The van der Waals surface area contributed by atoms with E-state index in [1.54, 1.807) is 11.9 Å². The van der Waals surface area contributed by atoms with Crippen LogP contribution in [0.2, 0.25) is 0 Å². The summed E-state index contributed by atoms with van der Waals surface area (Å²) >= 11 is 0. The van der Waals surface area contributed by atoms with E-state index in [9.17, 15) is 14.7 Å². The van der Waals surface area contributed by atoms with Gasteiger partial charge in [-0.25, -0.2) is 0 Å². The van der Waals surface area contributed by atoms with E-state index in [-0.39, 0.29) is 17.7 Å². The smallest absolute Gasteiger partial charge is 0.227 e. The molecule has 0 aromatic rings. The van der Waals surface area contributed by atoms with Crippen LogP contribution in [-0.4, -0.2) is 59.0 Å². The summed E-state index contributed by atoms with van der Waals surface area (Å²) in [7, 11) is 1.74. The molecule has 2 heterocycles. The number of carbonyl (C=O) groups is 2. The van der Waals surface area contributed by atoms with Gasteiger partial charge in [0.05, 0.1) is 11.5 Å². The molecule has 102 valence electrons. The molecule has 0 aromatic heterocycles. The second kappa shape index (κ2) is 4.88. The maximum Gasteiger partial charge on any atom is 0.227 e. The first-order chi connectivity index (χ1) is 8.39. The normalized spacial score (nSPS) is 33.7. The highest BCUT2D eigenvalue weighted by Gasteiger charge is 2.36. The van der Waals surface area contributed by atoms with Crippen LogP contribution < -0.4 is 0 Å². The number of amides is 2. The van der Waals surface area contributed by atoms with E-state index in [4.69, 9.17) is 0 Å². The third-order valence-electron chi connectivity index (χ3n) is 4.07. The molecule has 5 heteroatoms. The van der Waals surface area contributed by atoms with Crippen LogP contribution in [0.25, 0.3) is 0 Å². The van der Waals surface area contributed by atoms with E-state index in [1.807, 2.05) is 11.8 Å². The summed E-state index contributed by atoms with van der Waals surface area (Å²) in [5.74, 6) is -0.0638. The van der Waals surface area contributed by atoms with Gasteiger partial charge in [-0.2, -0.15) is 0 Å². The van der Waals surface area contributed by atoms with Crippen molar-refractivity contribution in [2.24, 2.45) is 5.92 Å². The fourth-order valence-corrected chi connectivity index (χ4v) is 2.77.